The molecule has 1 amide bonds. The normalized spacial score (nSPS) is 24.4. The molecule has 0 radical (unpaired) electrons. The number of unbranched alkanes of at least 4 members (excludes halogenated alkanes) is 3. The molecule has 7 atom stereocenters. The monoisotopic (exact) mass is 669 g/mol. The van der Waals surface area contributed by atoms with E-state index in [1.165, 1.54) is 10.9 Å². The summed E-state index contributed by atoms with van der Waals surface area (Å²) in [7, 11) is -17.2. The van der Waals surface area contributed by atoms with Crippen LogP contribution in [0, 0.1) is 0 Å². The van der Waals surface area contributed by atoms with Crippen molar-refractivity contribution < 1.29 is 85.0 Å². The number of anilines is 1. The van der Waals surface area contributed by atoms with Crippen molar-refractivity contribution in [1.82, 2.24) is 24.8 Å². The van der Waals surface area contributed by atoms with Crippen LogP contribution in [0.25, 0.3) is 11.2 Å². The Bertz CT molecular complexity index is 1370. The van der Waals surface area contributed by atoms with Crippen molar-refractivity contribution in [3.63, 3.8) is 0 Å². The summed E-state index contributed by atoms with van der Waals surface area (Å²) in [6.07, 6.45) is -0.275. The van der Waals surface area contributed by atoms with Crippen LogP contribution in [0.5, 0.6) is 0 Å². The van der Waals surface area contributed by atoms with E-state index in [-0.39, 0.29) is 48.3 Å². The fourth-order valence-electron chi connectivity index (χ4n) is 3.81. The Labute approximate surface area is 256 Å². The van der Waals surface area contributed by atoms with Gasteiger partial charge in [-0.05, 0) is 19.4 Å². The molecule has 9 N–H and O–H groups in total. The zero-order chi connectivity index (χ0) is 31.1. The Morgan fingerprint density at radius 1 is 1.05 bits per heavy atom. The minimum Gasteiger partial charge on any atom is -0.756 e. The van der Waals surface area contributed by atoms with E-state index < -0.39 is 54.6 Å². The number of nitrogens with zero attached hydrogens (tertiary/aromatic N) is 4. The molecular formula is C18H31LiN7O14P3. The van der Waals surface area contributed by atoms with E-state index in [1.807, 2.05) is 0 Å². The number of aliphatic hydroxyl groups is 2. The Balaban J connectivity index is 0.00000645. The summed E-state index contributed by atoms with van der Waals surface area (Å²) in [6, 6.07) is 0. The third-order valence-electron chi connectivity index (χ3n) is 5.65. The number of amides is 1. The number of imidazole rings is 1. The molecule has 1 saturated heterocycles. The molecule has 3 unspecified atom stereocenters. The molecule has 2 aromatic heterocycles. The number of nitrogens with one attached hydrogen (secondary N) is 2. The standard InChI is InChI=1S/C18H32N7O14P3.Li/c19-5-3-1-2-4-6-20-12(26)7-21-16-13-17(23-9-22-16)25(10-24-13)18-15(28)14(27)11(37-18)8-36-41(32,33)39-42(34,35)38-40(29,30)31;/h9-11,14-15,18,27-28H,1-8,19H2,(H,20,26)(H,32,33)(H,34,35)(H,21,22,23)(H2,29,30,31);/q;+1/p-1/t11-,14-,15-,18-;/m1./s1. The maximum absolute atomic E-state index is 12.2. The largest absolute Gasteiger partial charge is 1.00 e. The van der Waals surface area contributed by atoms with Gasteiger partial charge in [0.2, 0.25) is 5.91 Å². The second-order valence-corrected chi connectivity index (χ2v) is 13.2. The summed E-state index contributed by atoms with van der Waals surface area (Å²) >= 11 is 0. The number of carbonyl (C=O) groups is 1. The number of phosphoric acid groups is 3. The Hall–Kier alpha value is -1.33. The number of nitrogens with two attached hydrogens (primary N) is 1. The number of hydrogen-bond donors (Lipinski definition) is 8. The first kappa shape index (κ1) is 37.9. The summed E-state index contributed by atoms with van der Waals surface area (Å²) in [5.41, 5.74) is 5.75. The van der Waals surface area contributed by atoms with Crippen LogP contribution >= 0.6 is 23.5 Å². The van der Waals surface area contributed by atoms with E-state index in [4.69, 9.17) is 15.4 Å². The molecule has 238 valence electrons. The summed E-state index contributed by atoms with van der Waals surface area (Å²) in [4.78, 5) is 62.4. The van der Waals surface area contributed by atoms with Crippen molar-refractivity contribution in [3.8, 4) is 0 Å². The van der Waals surface area contributed by atoms with Crippen molar-refractivity contribution in [2.45, 2.75) is 50.2 Å². The van der Waals surface area contributed by atoms with E-state index in [1.54, 1.807) is 0 Å². The topological polar surface area (TPSA) is 323 Å². The third kappa shape index (κ3) is 11.5. The molecule has 0 spiro atoms. The molecule has 43 heavy (non-hydrogen) atoms. The van der Waals surface area contributed by atoms with Gasteiger partial charge < -0.3 is 50.9 Å². The van der Waals surface area contributed by atoms with Gasteiger partial charge in [-0.2, -0.15) is 4.31 Å². The Morgan fingerprint density at radius 2 is 1.74 bits per heavy atom. The Morgan fingerprint density at radius 3 is 2.42 bits per heavy atom. The van der Waals surface area contributed by atoms with E-state index in [2.05, 4.69) is 38.7 Å². The summed E-state index contributed by atoms with van der Waals surface area (Å²) in [6.45, 7) is -0.00570. The number of ether oxygens (including phenoxy) is 1. The van der Waals surface area contributed by atoms with Crippen molar-refractivity contribution in [3.05, 3.63) is 12.7 Å². The average molecular weight is 669 g/mol. The van der Waals surface area contributed by atoms with Crippen LogP contribution in [0.3, 0.4) is 0 Å². The van der Waals surface area contributed by atoms with Crippen LogP contribution in [0.2, 0.25) is 0 Å². The molecule has 21 nitrogen and oxygen atoms in total. The molecule has 1 aliphatic heterocycles. The van der Waals surface area contributed by atoms with Crippen LogP contribution in [0.15, 0.2) is 12.7 Å². The van der Waals surface area contributed by atoms with Gasteiger partial charge in [-0.15, -0.1) is 0 Å². The number of aromatic nitrogens is 4. The molecule has 0 bridgehead atoms. The summed E-state index contributed by atoms with van der Waals surface area (Å²) < 4.78 is 52.3. The minimum absolute atomic E-state index is 0. The van der Waals surface area contributed by atoms with E-state index in [9.17, 15) is 43.4 Å². The zero-order valence-electron chi connectivity index (χ0n) is 22.7. The van der Waals surface area contributed by atoms with Crippen LogP contribution in [0.4, 0.5) is 5.82 Å². The predicted molar refractivity (Wildman–Crippen MR) is 138 cm³/mol. The number of aliphatic hydroxyl groups excluding tert-OH is 2. The van der Waals surface area contributed by atoms with Crippen molar-refractivity contribution in [1.29, 1.82) is 0 Å². The van der Waals surface area contributed by atoms with Crippen molar-refractivity contribution >= 4 is 46.4 Å². The van der Waals surface area contributed by atoms with Gasteiger partial charge in [-0.25, -0.2) is 28.4 Å². The number of hydrogen-bond acceptors (Lipinski definition) is 16. The van der Waals surface area contributed by atoms with Gasteiger partial charge in [0.25, 0.3) is 7.82 Å². The van der Waals surface area contributed by atoms with Crippen LogP contribution in [-0.2, 0) is 36.4 Å². The SMILES string of the molecule is NCCCCCCNC(=O)CNc1ncnc2c1ncn2[C@@H]1O[C@H](COP(=O)(O)OP(=O)(O)OP(=O)([O-])O)[C@@H](O)[C@H]1O.[Li+]. The maximum Gasteiger partial charge on any atom is 1.00 e. The average Bonchev–Trinajstić information content (AvgIpc) is 3.42. The number of fused-ring (bicyclic) bond motifs is 1. The van der Waals surface area contributed by atoms with Crippen LogP contribution < -0.4 is 40.1 Å². The minimum atomic E-state index is -5.83. The second-order valence-electron chi connectivity index (χ2n) is 8.86. The molecule has 0 aliphatic carbocycles. The van der Waals surface area contributed by atoms with Crippen molar-refractivity contribution in [2.24, 2.45) is 5.73 Å². The molecule has 3 heterocycles. The Kier molecular flexibility index (Phi) is 14.3. The first-order valence-corrected chi connectivity index (χ1v) is 16.8. The van der Waals surface area contributed by atoms with Gasteiger partial charge in [0.1, 0.15) is 24.6 Å². The van der Waals surface area contributed by atoms with E-state index >= 15 is 0 Å². The molecule has 0 aromatic carbocycles. The summed E-state index contributed by atoms with van der Waals surface area (Å²) in [5, 5.41) is 26.5. The zero-order valence-corrected chi connectivity index (χ0v) is 25.4. The van der Waals surface area contributed by atoms with Gasteiger partial charge in [-0.3, -0.25) is 18.5 Å². The fraction of sp³-hybridized carbons (Fsp3) is 0.667. The second kappa shape index (κ2) is 16.3. The molecular weight excluding hydrogens is 638 g/mol. The third-order valence-corrected chi connectivity index (χ3v) is 9.43. The predicted octanol–water partition coefficient (Wildman–Crippen LogP) is -4.79. The maximum atomic E-state index is 12.2. The van der Waals surface area contributed by atoms with E-state index in [0.29, 0.717) is 13.1 Å². The smallest absolute Gasteiger partial charge is 0.756 e. The van der Waals surface area contributed by atoms with Gasteiger partial charge in [0.05, 0.1) is 19.5 Å². The molecule has 2 aromatic rings. The van der Waals surface area contributed by atoms with Gasteiger partial charge in [0, 0.05) is 6.54 Å². The quantitative estimate of drug-likeness (QED) is 0.0445. The van der Waals surface area contributed by atoms with Crippen LogP contribution in [-0.4, -0.2) is 94.9 Å². The van der Waals surface area contributed by atoms with Gasteiger partial charge in [0.15, 0.2) is 23.2 Å². The molecule has 3 rings (SSSR count). The number of rotatable bonds is 17. The fourth-order valence-corrected chi connectivity index (χ4v) is 6.81. The van der Waals surface area contributed by atoms with Gasteiger partial charge in [-0.1, -0.05) is 12.8 Å². The van der Waals surface area contributed by atoms with Gasteiger partial charge >= 0.3 is 34.5 Å². The van der Waals surface area contributed by atoms with Crippen molar-refractivity contribution in [2.75, 3.05) is 31.6 Å². The number of carbonyl (C=O) groups excluding carboxylic acids is 1. The van der Waals surface area contributed by atoms with E-state index in [0.717, 1.165) is 32.0 Å². The molecule has 1 fully saturated rings. The first-order valence-electron chi connectivity index (χ1n) is 12.3. The summed E-state index contributed by atoms with van der Waals surface area (Å²) in [5.74, 6) is -0.0995. The number of phosphoric ester groups is 1. The van der Waals surface area contributed by atoms with Crippen LogP contribution in [0.1, 0.15) is 31.9 Å². The molecule has 0 saturated carbocycles. The first-order chi connectivity index (χ1) is 19.6. The molecule has 1 aliphatic rings. The molecule has 25 heteroatoms.